The molecule has 0 bridgehead atoms. The molecular weight excluding hydrogens is 287 g/mol. The van der Waals surface area contributed by atoms with Crippen LogP contribution in [0, 0.1) is 5.82 Å². The van der Waals surface area contributed by atoms with Gasteiger partial charge in [-0.3, -0.25) is 9.69 Å². The van der Waals surface area contributed by atoms with E-state index in [4.69, 9.17) is 9.84 Å². The second-order valence-corrected chi connectivity index (χ2v) is 5.50. The highest BCUT2D eigenvalue weighted by Crippen LogP contribution is 2.29. The molecule has 1 aliphatic heterocycles. The van der Waals surface area contributed by atoms with Gasteiger partial charge in [0.15, 0.2) is 0 Å². The molecular formula is C16H23FN2O3. The first-order chi connectivity index (χ1) is 10.6. The van der Waals surface area contributed by atoms with E-state index in [0.717, 1.165) is 51.3 Å². The van der Waals surface area contributed by atoms with Crippen LogP contribution in [0.4, 0.5) is 10.1 Å². The lowest BCUT2D eigenvalue weighted by molar-refractivity contribution is -0.137. The average Bonchev–Trinajstić information content (AvgIpc) is 2.52. The molecule has 0 unspecified atom stereocenters. The summed E-state index contributed by atoms with van der Waals surface area (Å²) in [5, 5.41) is 8.62. The van der Waals surface area contributed by atoms with Gasteiger partial charge in [-0.25, -0.2) is 4.39 Å². The number of carbonyl (C=O) groups is 1. The SMILES string of the molecule is COc1cc(F)ccc1N1CCN(CCCCC(=O)O)CC1. The van der Waals surface area contributed by atoms with Gasteiger partial charge in [-0.1, -0.05) is 0 Å². The van der Waals surface area contributed by atoms with Gasteiger partial charge in [0.2, 0.25) is 0 Å². The Morgan fingerprint density at radius 3 is 2.64 bits per heavy atom. The summed E-state index contributed by atoms with van der Waals surface area (Å²) in [5.41, 5.74) is 0.925. The summed E-state index contributed by atoms with van der Waals surface area (Å²) in [5.74, 6) is -0.458. The van der Waals surface area contributed by atoms with Crippen LogP contribution in [0.3, 0.4) is 0 Å². The fourth-order valence-electron chi connectivity index (χ4n) is 2.74. The summed E-state index contributed by atoms with van der Waals surface area (Å²) in [4.78, 5) is 15.0. The number of halogens is 1. The number of benzene rings is 1. The highest BCUT2D eigenvalue weighted by Gasteiger charge is 2.19. The summed E-state index contributed by atoms with van der Waals surface area (Å²) in [7, 11) is 1.55. The summed E-state index contributed by atoms with van der Waals surface area (Å²) in [6.07, 6.45) is 1.88. The van der Waals surface area contributed by atoms with Gasteiger partial charge >= 0.3 is 5.97 Å². The maximum Gasteiger partial charge on any atom is 0.303 e. The number of rotatable bonds is 7. The molecule has 5 nitrogen and oxygen atoms in total. The van der Waals surface area contributed by atoms with Crippen molar-refractivity contribution in [2.45, 2.75) is 19.3 Å². The first-order valence-electron chi connectivity index (χ1n) is 7.63. The smallest absolute Gasteiger partial charge is 0.303 e. The van der Waals surface area contributed by atoms with Crippen molar-refractivity contribution in [2.75, 3.05) is 44.7 Å². The Morgan fingerprint density at radius 2 is 2.00 bits per heavy atom. The van der Waals surface area contributed by atoms with E-state index in [1.807, 2.05) is 0 Å². The van der Waals surface area contributed by atoms with Crippen LogP contribution in [0.1, 0.15) is 19.3 Å². The Morgan fingerprint density at radius 1 is 1.27 bits per heavy atom. The summed E-state index contributed by atoms with van der Waals surface area (Å²) in [6.45, 7) is 4.50. The predicted molar refractivity (Wildman–Crippen MR) is 83.1 cm³/mol. The van der Waals surface area contributed by atoms with Gasteiger partial charge < -0.3 is 14.7 Å². The van der Waals surface area contributed by atoms with Gasteiger partial charge in [-0.15, -0.1) is 0 Å². The number of hydrogen-bond acceptors (Lipinski definition) is 4. The van der Waals surface area contributed by atoms with Crippen LogP contribution in [-0.2, 0) is 4.79 Å². The average molecular weight is 310 g/mol. The molecule has 0 amide bonds. The quantitative estimate of drug-likeness (QED) is 0.783. The van der Waals surface area contributed by atoms with Gasteiger partial charge in [0.1, 0.15) is 11.6 Å². The minimum Gasteiger partial charge on any atom is -0.494 e. The molecule has 122 valence electrons. The van der Waals surface area contributed by atoms with E-state index in [0.29, 0.717) is 5.75 Å². The summed E-state index contributed by atoms with van der Waals surface area (Å²) >= 11 is 0. The molecule has 1 aromatic carbocycles. The monoisotopic (exact) mass is 310 g/mol. The fourth-order valence-corrected chi connectivity index (χ4v) is 2.74. The van der Waals surface area contributed by atoms with Crippen LogP contribution in [-0.4, -0.2) is 55.8 Å². The van der Waals surface area contributed by atoms with Crippen LogP contribution < -0.4 is 9.64 Å². The first kappa shape index (κ1) is 16.5. The van der Waals surface area contributed by atoms with Crippen LogP contribution >= 0.6 is 0 Å². The van der Waals surface area contributed by atoms with Crippen molar-refractivity contribution in [3.63, 3.8) is 0 Å². The zero-order valence-electron chi connectivity index (χ0n) is 12.9. The van der Waals surface area contributed by atoms with E-state index >= 15 is 0 Å². The molecule has 0 atom stereocenters. The molecule has 1 fully saturated rings. The van der Waals surface area contributed by atoms with Gasteiger partial charge in [0, 0.05) is 38.7 Å². The second-order valence-electron chi connectivity index (χ2n) is 5.50. The molecule has 1 heterocycles. The molecule has 1 aliphatic rings. The Bertz CT molecular complexity index is 502. The number of methoxy groups -OCH3 is 1. The number of piperazine rings is 1. The van der Waals surface area contributed by atoms with E-state index < -0.39 is 5.97 Å². The highest BCUT2D eigenvalue weighted by molar-refractivity contribution is 5.66. The second kappa shape index (κ2) is 7.98. The normalized spacial score (nSPS) is 15.8. The minimum atomic E-state index is -0.728. The Balaban J connectivity index is 1.81. The van der Waals surface area contributed by atoms with Crippen molar-refractivity contribution in [1.29, 1.82) is 0 Å². The van der Waals surface area contributed by atoms with Gasteiger partial charge in [-0.2, -0.15) is 0 Å². The molecule has 22 heavy (non-hydrogen) atoms. The van der Waals surface area contributed by atoms with Crippen LogP contribution in [0.15, 0.2) is 18.2 Å². The van der Waals surface area contributed by atoms with E-state index in [9.17, 15) is 9.18 Å². The van der Waals surface area contributed by atoms with Crippen molar-refractivity contribution >= 4 is 11.7 Å². The molecule has 0 radical (unpaired) electrons. The standard InChI is InChI=1S/C16H23FN2O3/c1-22-15-12-13(17)5-6-14(15)19-10-8-18(9-11-19)7-3-2-4-16(20)21/h5-6,12H,2-4,7-11H2,1H3,(H,20,21). The third-order valence-electron chi connectivity index (χ3n) is 3.97. The van der Waals surface area contributed by atoms with Crippen molar-refractivity contribution in [1.82, 2.24) is 4.90 Å². The number of carboxylic acids is 1. The number of unbranched alkanes of at least 4 members (excludes halogenated alkanes) is 1. The van der Waals surface area contributed by atoms with Crippen molar-refractivity contribution in [2.24, 2.45) is 0 Å². The number of aliphatic carboxylic acids is 1. The molecule has 2 rings (SSSR count). The minimum absolute atomic E-state index is 0.243. The molecule has 1 saturated heterocycles. The lowest BCUT2D eigenvalue weighted by Gasteiger charge is -2.36. The van der Waals surface area contributed by atoms with E-state index in [-0.39, 0.29) is 12.2 Å². The van der Waals surface area contributed by atoms with Crippen molar-refractivity contribution in [3.05, 3.63) is 24.0 Å². The maximum atomic E-state index is 13.2. The zero-order chi connectivity index (χ0) is 15.9. The third-order valence-corrected chi connectivity index (χ3v) is 3.97. The lowest BCUT2D eigenvalue weighted by atomic mass is 10.2. The van der Waals surface area contributed by atoms with Crippen molar-refractivity contribution in [3.8, 4) is 5.75 Å². The van der Waals surface area contributed by atoms with Crippen LogP contribution in [0.25, 0.3) is 0 Å². The van der Waals surface area contributed by atoms with E-state index in [2.05, 4.69) is 9.80 Å². The summed E-state index contributed by atoms with van der Waals surface area (Å²) in [6, 6.07) is 4.63. The number of hydrogen-bond donors (Lipinski definition) is 1. The Labute approximate surface area is 130 Å². The van der Waals surface area contributed by atoms with Gasteiger partial charge in [0.05, 0.1) is 12.8 Å². The molecule has 0 aromatic heterocycles. The number of nitrogens with zero attached hydrogens (tertiary/aromatic N) is 2. The zero-order valence-corrected chi connectivity index (χ0v) is 12.9. The molecule has 1 aromatic rings. The predicted octanol–water partition coefficient (Wildman–Crippen LogP) is 2.21. The van der Waals surface area contributed by atoms with E-state index in [1.54, 1.807) is 13.2 Å². The van der Waals surface area contributed by atoms with Gasteiger partial charge in [-0.05, 0) is 31.5 Å². The van der Waals surface area contributed by atoms with Crippen LogP contribution in [0.2, 0.25) is 0 Å². The van der Waals surface area contributed by atoms with Gasteiger partial charge in [0.25, 0.3) is 0 Å². The summed E-state index contributed by atoms with van der Waals surface area (Å²) < 4.78 is 18.5. The largest absolute Gasteiger partial charge is 0.494 e. The van der Waals surface area contributed by atoms with Crippen molar-refractivity contribution < 1.29 is 19.0 Å². The molecule has 1 N–H and O–H groups in total. The molecule has 6 heteroatoms. The molecule has 0 aliphatic carbocycles. The van der Waals surface area contributed by atoms with Crippen LogP contribution in [0.5, 0.6) is 5.75 Å². The number of anilines is 1. The number of carboxylic acid groups (broad SMARTS) is 1. The Hall–Kier alpha value is -1.82. The van der Waals surface area contributed by atoms with E-state index in [1.165, 1.54) is 12.1 Å². The number of ether oxygens (including phenoxy) is 1. The molecule has 0 spiro atoms. The fraction of sp³-hybridized carbons (Fsp3) is 0.562. The first-order valence-corrected chi connectivity index (χ1v) is 7.63. The lowest BCUT2D eigenvalue weighted by Crippen LogP contribution is -2.46. The third kappa shape index (κ3) is 4.59. The maximum absolute atomic E-state index is 13.2. The molecule has 0 saturated carbocycles. The Kier molecular flexibility index (Phi) is 6.00. The highest BCUT2D eigenvalue weighted by atomic mass is 19.1. The topological polar surface area (TPSA) is 53.0 Å².